The highest BCUT2D eigenvalue weighted by molar-refractivity contribution is 5.88. The van der Waals surface area contributed by atoms with E-state index in [0.29, 0.717) is 0 Å². The van der Waals surface area contributed by atoms with Gasteiger partial charge in [-0.1, -0.05) is 76.9 Å². The Labute approximate surface area is 249 Å². The molecule has 0 atom stereocenters. The number of fused-ring (bicyclic) bond motifs is 8. The molecule has 5 heteroatoms. The van der Waals surface area contributed by atoms with Gasteiger partial charge in [0.05, 0.1) is 28.3 Å². The number of hydrogen-bond acceptors (Lipinski definition) is 3. The Morgan fingerprint density at radius 2 is 1.31 bits per heavy atom. The number of nitrogens with zero attached hydrogens (tertiary/aromatic N) is 3. The first-order valence-electron chi connectivity index (χ1n) is 15.9. The minimum Gasteiger partial charge on any atom is -0.367 e. The highest BCUT2D eigenvalue weighted by Crippen LogP contribution is 2.31. The Morgan fingerprint density at radius 1 is 0.667 bits per heavy atom. The quantitative estimate of drug-likeness (QED) is 0.150. The van der Waals surface area contributed by atoms with Crippen LogP contribution in [0.15, 0.2) is 60.7 Å². The van der Waals surface area contributed by atoms with E-state index in [1.165, 1.54) is 69.9 Å². The van der Waals surface area contributed by atoms with Gasteiger partial charge < -0.3 is 14.9 Å². The second kappa shape index (κ2) is 13.7. The van der Waals surface area contributed by atoms with Crippen molar-refractivity contribution in [3.05, 3.63) is 89.0 Å². The third-order valence-electron chi connectivity index (χ3n) is 8.31. The third-order valence-corrected chi connectivity index (χ3v) is 8.31. The molecule has 5 nitrogen and oxygen atoms in total. The van der Waals surface area contributed by atoms with Crippen molar-refractivity contribution in [3.63, 3.8) is 0 Å². The number of H-pyrrole nitrogens is 2. The first kappa shape index (κ1) is 28.0. The number of unbranched alkanes of at least 4 members (excludes halogenated alkanes) is 9. The number of allylic oxidation sites excluding steroid dienone is 2. The van der Waals surface area contributed by atoms with E-state index in [-0.39, 0.29) is 0 Å². The van der Waals surface area contributed by atoms with Crippen molar-refractivity contribution >= 4 is 52.1 Å². The van der Waals surface area contributed by atoms with Crippen molar-refractivity contribution < 1.29 is 0 Å². The molecule has 3 aliphatic heterocycles. The molecule has 0 aromatic carbocycles. The summed E-state index contributed by atoms with van der Waals surface area (Å²) in [5.41, 5.74) is 10.4. The predicted molar refractivity (Wildman–Crippen MR) is 179 cm³/mol. The molecule has 8 bridgehead atoms. The maximum absolute atomic E-state index is 5.10. The van der Waals surface area contributed by atoms with Gasteiger partial charge in [-0.05, 0) is 79.3 Å². The molecule has 42 heavy (non-hydrogen) atoms. The minimum absolute atomic E-state index is 0.919. The van der Waals surface area contributed by atoms with Crippen molar-refractivity contribution in [3.8, 4) is 0 Å². The van der Waals surface area contributed by atoms with Crippen LogP contribution in [0.3, 0.4) is 0 Å². The van der Waals surface area contributed by atoms with Gasteiger partial charge in [-0.15, -0.1) is 0 Å². The maximum atomic E-state index is 5.10. The molecule has 3 aliphatic rings. The van der Waals surface area contributed by atoms with Crippen LogP contribution in [0, 0.1) is 0 Å². The highest BCUT2D eigenvalue weighted by atomic mass is 15.1. The van der Waals surface area contributed by atoms with Crippen LogP contribution in [0.1, 0.15) is 99.5 Å². The molecule has 0 amide bonds. The maximum Gasteiger partial charge on any atom is 0.0751 e. The van der Waals surface area contributed by atoms with E-state index in [1.54, 1.807) is 0 Å². The predicted octanol–water partition coefficient (Wildman–Crippen LogP) is 9.79. The lowest BCUT2D eigenvalue weighted by atomic mass is 10.0. The standard InChI is InChI=1S/C37H43N5/c1-2-3-4-5-6-7-8-9-10-12-23-42-24-13-11-14-36(42)37-34-21-19-32(40-34)26-30-17-15-28(38-30)25-29-16-18-31(39-29)27-33-20-22-35(37)41-33/h11,13-22,25-27,38,40H,2-10,12,23-24H2,1H3. The van der Waals surface area contributed by atoms with Crippen molar-refractivity contribution in [2.45, 2.75) is 71.1 Å². The molecule has 3 aromatic heterocycles. The molecule has 0 spiro atoms. The van der Waals surface area contributed by atoms with Crippen LogP contribution < -0.4 is 0 Å². The van der Waals surface area contributed by atoms with Crippen LogP contribution in [0.4, 0.5) is 0 Å². The van der Waals surface area contributed by atoms with Gasteiger partial charge in [-0.3, -0.25) is 0 Å². The normalized spacial score (nSPS) is 14.1. The number of aromatic amines is 2. The summed E-state index contributed by atoms with van der Waals surface area (Å²) in [4.78, 5) is 19.6. The molecule has 0 saturated heterocycles. The highest BCUT2D eigenvalue weighted by Gasteiger charge is 2.19. The first-order chi connectivity index (χ1) is 20.7. The smallest absolute Gasteiger partial charge is 0.0751 e. The lowest BCUT2D eigenvalue weighted by Gasteiger charge is -2.29. The lowest BCUT2D eigenvalue weighted by molar-refractivity contribution is 0.411. The third kappa shape index (κ3) is 7.02. The fourth-order valence-corrected chi connectivity index (χ4v) is 6.07. The molecule has 0 radical (unpaired) electrons. The lowest BCUT2D eigenvalue weighted by Crippen LogP contribution is -2.25. The second-order valence-electron chi connectivity index (χ2n) is 11.7. The zero-order valence-corrected chi connectivity index (χ0v) is 24.9. The second-order valence-corrected chi connectivity index (χ2v) is 11.7. The molecule has 6 rings (SSSR count). The number of hydrogen-bond donors (Lipinski definition) is 2. The summed E-state index contributed by atoms with van der Waals surface area (Å²) in [5, 5.41) is 0. The molecular formula is C37H43N5. The topological polar surface area (TPSA) is 60.6 Å². The molecular weight excluding hydrogens is 514 g/mol. The van der Waals surface area contributed by atoms with Crippen LogP contribution in [-0.4, -0.2) is 37.9 Å². The Kier molecular flexibility index (Phi) is 9.14. The van der Waals surface area contributed by atoms with E-state index in [1.807, 2.05) is 0 Å². The zero-order valence-electron chi connectivity index (χ0n) is 24.9. The fraction of sp³-hybridized carbons (Fsp3) is 0.351. The van der Waals surface area contributed by atoms with E-state index >= 15 is 0 Å². The summed E-state index contributed by atoms with van der Waals surface area (Å²) >= 11 is 0. The number of aromatic nitrogens is 4. The van der Waals surface area contributed by atoms with Gasteiger partial charge in [0.2, 0.25) is 0 Å². The van der Waals surface area contributed by atoms with Gasteiger partial charge in [0, 0.05) is 40.9 Å². The average molecular weight is 558 g/mol. The van der Waals surface area contributed by atoms with Gasteiger partial charge >= 0.3 is 0 Å². The first-order valence-corrected chi connectivity index (χ1v) is 15.9. The van der Waals surface area contributed by atoms with Crippen molar-refractivity contribution in [1.29, 1.82) is 0 Å². The monoisotopic (exact) mass is 557 g/mol. The average Bonchev–Trinajstić information content (AvgIpc) is 3.81. The molecule has 0 aliphatic carbocycles. The summed E-state index contributed by atoms with van der Waals surface area (Å²) < 4.78 is 0. The van der Waals surface area contributed by atoms with E-state index in [9.17, 15) is 0 Å². The molecule has 3 aromatic rings. The van der Waals surface area contributed by atoms with Crippen molar-refractivity contribution in [2.75, 3.05) is 13.1 Å². The molecule has 0 saturated carbocycles. The van der Waals surface area contributed by atoms with E-state index in [4.69, 9.17) is 9.97 Å². The Balaban J connectivity index is 1.28. The summed E-state index contributed by atoms with van der Waals surface area (Å²) in [6.07, 6.45) is 28.6. The summed E-state index contributed by atoms with van der Waals surface area (Å²) in [6.45, 7) is 4.27. The summed E-state index contributed by atoms with van der Waals surface area (Å²) in [5.74, 6) is 0. The van der Waals surface area contributed by atoms with Gasteiger partial charge in [-0.2, -0.15) is 0 Å². The van der Waals surface area contributed by atoms with Gasteiger partial charge in [0.15, 0.2) is 0 Å². The fourth-order valence-electron chi connectivity index (χ4n) is 6.07. The summed E-state index contributed by atoms with van der Waals surface area (Å²) in [7, 11) is 0. The number of nitrogens with one attached hydrogen (secondary N) is 2. The van der Waals surface area contributed by atoms with Gasteiger partial charge in [0.25, 0.3) is 0 Å². The summed E-state index contributed by atoms with van der Waals surface area (Å²) in [6, 6.07) is 14.8. The molecule has 0 unspecified atom stereocenters. The Hall–Kier alpha value is -4.12. The molecule has 2 N–H and O–H groups in total. The number of rotatable bonds is 12. The van der Waals surface area contributed by atoms with Crippen molar-refractivity contribution in [2.24, 2.45) is 0 Å². The Bertz CT molecular complexity index is 1660. The van der Waals surface area contributed by atoms with Crippen LogP contribution in [0.5, 0.6) is 0 Å². The zero-order chi connectivity index (χ0) is 28.6. The van der Waals surface area contributed by atoms with Crippen LogP contribution in [-0.2, 0) is 0 Å². The largest absolute Gasteiger partial charge is 0.367 e. The van der Waals surface area contributed by atoms with Crippen molar-refractivity contribution in [1.82, 2.24) is 24.8 Å². The Morgan fingerprint density at radius 3 is 2.12 bits per heavy atom. The van der Waals surface area contributed by atoms with Crippen LogP contribution in [0.2, 0.25) is 0 Å². The minimum atomic E-state index is 0.919. The molecule has 6 heterocycles. The van der Waals surface area contributed by atoms with Gasteiger partial charge in [0.1, 0.15) is 0 Å². The van der Waals surface area contributed by atoms with E-state index in [2.05, 4.69) is 107 Å². The SMILES string of the molecule is CCCCCCCCCCCCN1CC=CC=C1c1c2nc(cc3nc(cc4ccc(cc5ccc1[nH]5)[nH]4)C=C3)C=C2. The van der Waals surface area contributed by atoms with E-state index in [0.717, 1.165) is 63.5 Å². The van der Waals surface area contributed by atoms with E-state index < -0.39 is 0 Å². The van der Waals surface area contributed by atoms with Crippen LogP contribution in [0.25, 0.3) is 52.1 Å². The van der Waals surface area contributed by atoms with Gasteiger partial charge in [-0.25, -0.2) is 9.97 Å². The molecule has 216 valence electrons. The molecule has 0 fully saturated rings. The van der Waals surface area contributed by atoms with Crippen LogP contribution >= 0.6 is 0 Å².